The minimum Gasteiger partial charge on any atom is -0.349 e. The SMILES string of the molecule is O=C(CCSSCCC(=O)NCc1nc2ccccc2[nH]1)NCc1nc2ccccc2[nH]1. The largest absolute Gasteiger partial charge is 0.349 e. The number of amides is 2. The van der Waals surface area contributed by atoms with Crippen LogP contribution in [0.4, 0.5) is 0 Å². The molecule has 0 saturated heterocycles. The molecule has 0 aliphatic heterocycles. The zero-order chi connectivity index (χ0) is 22.2. The summed E-state index contributed by atoms with van der Waals surface area (Å²) >= 11 is 0. The van der Waals surface area contributed by atoms with Gasteiger partial charge in [0.2, 0.25) is 11.8 Å². The Morgan fingerprint density at radius 1 is 0.719 bits per heavy atom. The fourth-order valence-corrected chi connectivity index (χ4v) is 5.09. The molecule has 0 bridgehead atoms. The van der Waals surface area contributed by atoms with E-state index in [0.29, 0.717) is 37.4 Å². The molecular weight excluding hydrogens is 444 g/mol. The number of aromatic nitrogens is 4. The Morgan fingerprint density at radius 3 is 1.59 bits per heavy atom. The van der Waals surface area contributed by atoms with Gasteiger partial charge < -0.3 is 20.6 Å². The summed E-state index contributed by atoms with van der Waals surface area (Å²) in [6.07, 6.45) is 0.853. The van der Waals surface area contributed by atoms with Crippen molar-refractivity contribution in [2.45, 2.75) is 25.9 Å². The molecule has 0 spiro atoms. The van der Waals surface area contributed by atoms with Crippen LogP contribution in [0.15, 0.2) is 48.5 Å². The third-order valence-electron chi connectivity index (χ3n) is 4.69. The van der Waals surface area contributed by atoms with Gasteiger partial charge in [-0.2, -0.15) is 0 Å². The standard InChI is InChI=1S/C22H24N6O2S2/c29-21(23-13-19-25-15-5-1-2-6-16(15)26-19)9-11-31-32-12-10-22(30)24-14-20-27-17-7-3-4-8-18(17)28-20/h1-8H,9-14H2,(H,23,29)(H,24,30)(H,25,26)(H,27,28). The maximum Gasteiger partial charge on any atom is 0.221 e. The highest BCUT2D eigenvalue weighted by molar-refractivity contribution is 8.76. The molecule has 0 saturated carbocycles. The summed E-state index contributed by atoms with van der Waals surface area (Å²) in [4.78, 5) is 39.3. The van der Waals surface area contributed by atoms with Gasteiger partial charge >= 0.3 is 0 Å². The Balaban J connectivity index is 1.04. The Labute approximate surface area is 193 Å². The summed E-state index contributed by atoms with van der Waals surface area (Å²) in [6.45, 7) is 0.771. The lowest BCUT2D eigenvalue weighted by atomic mass is 10.3. The van der Waals surface area contributed by atoms with Crippen molar-refractivity contribution >= 4 is 55.5 Å². The molecule has 4 aromatic rings. The summed E-state index contributed by atoms with van der Waals surface area (Å²) in [5, 5.41) is 5.77. The fraction of sp³-hybridized carbons (Fsp3) is 0.273. The van der Waals surface area contributed by atoms with Crippen LogP contribution in [0.2, 0.25) is 0 Å². The van der Waals surface area contributed by atoms with Gasteiger partial charge in [-0.05, 0) is 24.3 Å². The predicted octanol–water partition coefficient (Wildman–Crippen LogP) is 3.53. The van der Waals surface area contributed by atoms with Crippen LogP contribution in [0.1, 0.15) is 24.5 Å². The number of rotatable bonds is 11. The third-order valence-corrected chi connectivity index (χ3v) is 7.10. The van der Waals surface area contributed by atoms with E-state index in [-0.39, 0.29) is 11.8 Å². The molecule has 32 heavy (non-hydrogen) atoms. The van der Waals surface area contributed by atoms with E-state index in [1.807, 2.05) is 48.5 Å². The summed E-state index contributed by atoms with van der Waals surface area (Å²) < 4.78 is 0. The smallest absolute Gasteiger partial charge is 0.221 e. The van der Waals surface area contributed by atoms with E-state index in [9.17, 15) is 9.59 Å². The maximum atomic E-state index is 12.0. The van der Waals surface area contributed by atoms with Crippen molar-refractivity contribution in [3.8, 4) is 0 Å². The van der Waals surface area contributed by atoms with E-state index >= 15 is 0 Å². The zero-order valence-electron chi connectivity index (χ0n) is 17.4. The first kappa shape index (κ1) is 22.2. The highest BCUT2D eigenvalue weighted by Crippen LogP contribution is 2.22. The number of benzene rings is 2. The second kappa shape index (κ2) is 11.1. The molecule has 4 N–H and O–H groups in total. The molecule has 0 fully saturated rings. The molecule has 0 radical (unpaired) electrons. The lowest BCUT2D eigenvalue weighted by molar-refractivity contribution is -0.121. The van der Waals surface area contributed by atoms with Crippen LogP contribution in [0.25, 0.3) is 22.1 Å². The van der Waals surface area contributed by atoms with Crippen LogP contribution in [-0.4, -0.2) is 43.3 Å². The Morgan fingerprint density at radius 2 is 1.16 bits per heavy atom. The molecule has 4 rings (SSSR count). The average Bonchev–Trinajstić information content (AvgIpc) is 3.41. The molecule has 10 heteroatoms. The topological polar surface area (TPSA) is 116 Å². The van der Waals surface area contributed by atoms with Crippen molar-refractivity contribution < 1.29 is 9.59 Å². The van der Waals surface area contributed by atoms with Gasteiger partial charge in [-0.1, -0.05) is 45.9 Å². The lowest BCUT2D eigenvalue weighted by Gasteiger charge is -2.04. The Kier molecular flexibility index (Phi) is 7.68. The molecule has 0 atom stereocenters. The van der Waals surface area contributed by atoms with E-state index in [4.69, 9.17) is 0 Å². The van der Waals surface area contributed by atoms with E-state index in [1.54, 1.807) is 21.6 Å². The molecule has 2 aromatic heterocycles. The van der Waals surface area contributed by atoms with E-state index in [2.05, 4.69) is 30.6 Å². The monoisotopic (exact) mass is 468 g/mol. The molecule has 0 unspecified atom stereocenters. The summed E-state index contributed by atoms with van der Waals surface area (Å²) in [5.74, 6) is 2.85. The number of carbonyl (C=O) groups is 2. The number of carbonyl (C=O) groups excluding carboxylic acids is 2. The van der Waals surface area contributed by atoms with Crippen molar-refractivity contribution in [1.29, 1.82) is 0 Å². The summed E-state index contributed by atoms with van der Waals surface area (Å²) in [5.41, 5.74) is 3.71. The molecule has 2 amide bonds. The van der Waals surface area contributed by atoms with Gasteiger partial charge in [0.1, 0.15) is 11.6 Å². The highest BCUT2D eigenvalue weighted by Gasteiger charge is 2.07. The summed E-state index contributed by atoms with van der Waals surface area (Å²) in [6, 6.07) is 15.6. The van der Waals surface area contributed by atoms with Crippen LogP contribution in [0, 0.1) is 0 Å². The molecule has 0 aliphatic carbocycles. The van der Waals surface area contributed by atoms with Gasteiger partial charge in [-0.15, -0.1) is 0 Å². The molecule has 8 nitrogen and oxygen atoms in total. The molecule has 166 valence electrons. The number of aromatic amines is 2. The minimum atomic E-state index is -0.0119. The predicted molar refractivity (Wildman–Crippen MR) is 130 cm³/mol. The van der Waals surface area contributed by atoms with Crippen molar-refractivity contribution in [1.82, 2.24) is 30.6 Å². The van der Waals surface area contributed by atoms with Gasteiger partial charge in [-0.25, -0.2) is 9.97 Å². The Bertz CT molecular complexity index is 1050. The normalized spacial score (nSPS) is 11.1. The van der Waals surface area contributed by atoms with E-state index in [1.165, 1.54) is 0 Å². The lowest BCUT2D eigenvalue weighted by Crippen LogP contribution is -2.23. The number of nitrogens with one attached hydrogen (secondary N) is 4. The molecular formula is C22H24N6O2S2. The Hall–Kier alpha value is -2.98. The fourth-order valence-electron chi connectivity index (χ4n) is 3.11. The van der Waals surface area contributed by atoms with Gasteiger partial charge in [0, 0.05) is 24.3 Å². The van der Waals surface area contributed by atoms with Crippen LogP contribution < -0.4 is 10.6 Å². The molecule has 2 heterocycles. The number of nitrogens with zero attached hydrogens (tertiary/aromatic N) is 2. The van der Waals surface area contributed by atoms with E-state index in [0.717, 1.165) is 33.7 Å². The van der Waals surface area contributed by atoms with Crippen molar-refractivity contribution in [3.05, 3.63) is 60.2 Å². The molecule has 0 aliphatic rings. The van der Waals surface area contributed by atoms with Crippen molar-refractivity contribution in [2.24, 2.45) is 0 Å². The maximum absolute atomic E-state index is 12.0. The third kappa shape index (κ3) is 6.27. The number of hydrogen-bond acceptors (Lipinski definition) is 6. The molecule has 2 aromatic carbocycles. The highest BCUT2D eigenvalue weighted by atomic mass is 33.1. The van der Waals surface area contributed by atoms with Crippen LogP contribution in [0.3, 0.4) is 0 Å². The summed E-state index contributed by atoms with van der Waals surface area (Å²) in [7, 11) is 3.20. The first-order valence-corrected chi connectivity index (χ1v) is 12.8. The number of H-pyrrole nitrogens is 2. The van der Waals surface area contributed by atoms with Gasteiger partial charge in [0.15, 0.2) is 0 Å². The second-order valence-corrected chi connectivity index (χ2v) is 9.80. The second-order valence-electron chi connectivity index (χ2n) is 7.10. The first-order chi connectivity index (χ1) is 15.7. The van der Waals surface area contributed by atoms with Crippen LogP contribution >= 0.6 is 21.6 Å². The number of imidazole rings is 2. The van der Waals surface area contributed by atoms with Crippen LogP contribution in [0.5, 0.6) is 0 Å². The van der Waals surface area contributed by atoms with Crippen LogP contribution in [-0.2, 0) is 22.7 Å². The van der Waals surface area contributed by atoms with Crippen molar-refractivity contribution in [3.63, 3.8) is 0 Å². The van der Waals surface area contributed by atoms with Gasteiger partial charge in [0.25, 0.3) is 0 Å². The minimum absolute atomic E-state index is 0.0119. The quantitative estimate of drug-likeness (QED) is 0.198. The number of para-hydroxylation sites is 4. The van der Waals surface area contributed by atoms with Gasteiger partial charge in [-0.3, -0.25) is 9.59 Å². The zero-order valence-corrected chi connectivity index (χ0v) is 19.0. The van der Waals surface area contributed by atoms with E-state index < -0.39 is 0 Å². The van der Waals surface area contributed by atoms with Crippen molar-refractivity contribution in [2.75, 3.05) is 11.5 Å². The van der Waals surface area contributed by atoms with Gasteiger partial charge in [0.05, 0.1) is 35.2 Å². The first-order valence-electron chi connectivity index (χ1n) is 10.3. The number of hydrogen-bond donors (Lipinski definition) is 4. The number of fused-ring (bicyclic) bond motifs is 2. The average molecular weight is 469 g/mol.